The van der Waals surface area contributed by atoms with Crippen molar-refractivity contribution in [3.05, 3.63) is 0 Å². The molecule has 4 heteroatoms. The van der Waals surface area contributed by atoms with Crippen molar-refractivity contribution in [2.24, 2.45) is 5.73 Å². The summed E-state index contributed by atoms with van der Waals surface area (Å²) in [6, 6.07) is 0.886. The number of hydrogen-bond donors (Lipinski definition) is 1. The molecule has 4 nitrogen and oxygen atoms in total. The van der Waals surface area contributed by atoms with Crippen LogP contribution in [0.2, 0.25) is 0 Å². The van der Waals surface area contributed by atoms with E-state index in [-0.39, 0.29) is 12.1 Å². The average molecular weight is 241 g/mol. The van der Waals surface area contributed by atoms with Crippen LogP contribution in [0.3, 0.4) is 0 Å². The highest BCUT2D eigenvalue weighted by Crippen LogP contribution is 2.19. The lowest BCUT2D eigenvalue weighted by atomic mass is 10.0. The summed E-state index contributed by atoms with van der Waals surface area (Å²) in [6.07, 6.45) is 4.17. The Balaban J connectivity index is 1.87. The van der Waals surface area contributed by atoms with Gasteiger partial charge in [0.1, 0.15) is 0 Å². The van der Waals surface area contributed by atoms with Crippen molar-refractivity contribution < 1.29 is 4.74 Å². The van der Waals surface area contributed by atoms with Gasteiger partial charge in [0.2, 0.25) is 0 Å². The summed E-state index contributed by atoms with van der Waals surface area (Å²) >= 11 is 0. The lowest BCUT2D eigenvalue weighted by molar-refractivity contribution is -0.0531. The van der Waals surface area contributed by atoms with Gasteiger partial charge < -0.3 is 15.4 Å². The van der Waals surface area contributed by atoms with Gasteiger partial charge in [0, 0.05) is 25.2 Å². The maximum absolute atomic E-state index is 5.95. The van der Waals surface area contributed by atoms with E-state index < -0.39 is 0 Å². The summed E-state index contributed by atoms with van der Waals surface area (Å²) in [5.74, 6) is 0. The SMILES string of the molecule is CC(N)C1CN(C2CCCN(C)CC2)CCO1. The average Bonchev–Trinajstić information content (AvgIpc) is 2.54. The third kappa shape index (κ3) is 3.65. The van der Waals surface area contributed by atoms with Crippen LogP contribution in [0.4, 0.5) is 0 Å². The summed E-state index contributed by atoms with van der Waals surface area (Å²) in [6.45, 7) is 7.47. The Labute approximate surface area is 105 Å². The molecule has 0 saturated carbocycles. The van der Waals surface area contributed by atoms with Crippen molar-refractivity contribution in [1.29, 1.82) is 0 Å². The molecule has 2 fully saturated rings. The van der Waals surface area contributed by atoms with Crippen LogP contribution >= 0.6 is 0 Å². The van der Waals surface area contributed by atoms with Gasteiger partial charge in [-0.1, -0.05) is 0 Å². The number of rotatable bonds is 2. The fraction of sp³-hybridized carbons (Fsp3) is 1.00. The number of hydrogen-bond acceptors (Lipinski definition) is 4. The molecule has 17 heavy (non-hydrogen) atoms. The van der Waals surface area contributed by atoms with Gasteiger partial charge in [-0.3, -0.25) is 4.90 Å². The first kappa shape index (κ1) is 13.3. The van der Waals surface area contributed by atoms with E-state index in [9.17, 15) is 0 Å². The largest absolute Gasteiger partial charge is 0.374 e. The molecule has 0 spiro atoms. The van der Waals surface area contributed by atoms with Crippen LogP contribution in [-0.2, 0) is 4.74 Å². The normalized spacial score (nSPS) is 35.5. The van der Waals surface area contributed by atoms with Crippen LogP contribution in [0, 0.1) is 0 Å². The van der Waals surface area contributed by atoms with Crippen LogP contribution < -0.4 is 5.73 Å². The predicted octanol–water partition coefficient (Wildman–Crippen LogP) is 0.519. The van der Waals surface area contributed by atoms with Crippen molar-refractivity contribution in [3.63, 3.8) is 0 Å². The number of ether oxygens (including phenoxy) is 1. The number of nitrogens with two attached hydrogens (primary N) is 1. The zero-order valence-corrected chi connectivity index (χ0v) is 11.3. The minimum absolute atomic E-state index is 0.145. The van der Waals surface area contributed by atoms with Crippen molar-refractivity contribution in [1.82, 2.24) is 9.80 Å². The van der Waals surface area contributed by atoms with Crippen LogP contribution in [0.5, 0.6) is 0 Å². The van der Waals surface area contributed by atoms with Gasteiger partial charge in [0.05, 0.1) is 12.7 Å². The van der Waals surface area contributed by atoms with E-state index in [1.54, 1.807) is 0 Å². The molecule has 0 aromatic carbocycles. The zero-order valence-electron chi connectivity index (χ0n) is 11.3. The van der Waals surface area contributed by atoms with Crippen LogP contribution in [0.1, 0.15) is 26.2 Å². The molecule has 3 unspecified atom stereocenters. The third-order valence-electron chi connectivity index (χ3n) is 4.15. The lowest BCUT2D eigenvalue weighted by Crippen LogP contribution is -2.52. The fourth-order valence-electron chi connectivity index (χ4n) is 2.93. The van der Waals surface area contributed by atoms with Crippen molar-refractivity contribution >= 4 is 0 Å². The van der Waals surface area contributed by atoms with Crippen molar-refractivity contribution in [2.75, 3.05) is 39.8 Å². The molecule has 0 aliphatic carbocycles. The molecule has 0 bridgehead atoms. The van der Waals surface area contributed by atoms with Gasteiger partial charge in [0.15, 0.2) is 0 Å². The summed E-state index contributed by atoms with van der Waals surface area (Å²) in [7, 11) is 2.23. The predicted molar refractivity (Wildman–Crippen MR) is 70.1 cm³/mol. The summed E-state index contributed by atoms with van der Waals surface area (Å²) in [4.78, 5) is 5.06. The van der Waals surface area contributed by atoms with E-state index in [2.05, 4.69) is 23.8 Å². The Kier molecular flexibility index (Phi) is 4.79. The molecule has 2 aliphatic rings. The van der Waals surface area contributed by atoms with Gasteiger partial charge in [-0.25, -0.2) is 0 Å². The highest BCUT2D eigenvalue weighted by Gasteiger charge is 2.28. The maximum atomic E-state index is 5.95. The second-order valence-electron chi connectivity index (χ2n) is 5.65. The van der Waals surface area contributed by atoms with Gasteiger partial charge in [-0.05, 0) is 46.3 Å². The van der Waals surface area contributed by atoms with Crippen LogP contribution in [-0.4, -0.2) is 67.8 Å². The van der Waals surface area contributed by atoms with E-state index in [0.29, 0.717) is 0 Å². The number of likely N-dealkylation sites (tertiary alicyclic amines) is 1. The second kappa shape index (κ2) is 6.14. The van der Waals surface area contributed by atoms with Gasteiger partial charge >= 0.3 is 0 Å². The van der Waals surface area contributed by atoms with Gasteiger partial charge in [-0.2, -0.15) is 0 Å². The van der Waals surface area contributed by atoms with E-state index in [4.69, 9.17) is 10.5 Å². The standard InChI is InChI=1S/C13H27N3O/c1-11(14)13-10-16(8-9-17-13)12-4-3-6-15(2)7-5-12/h11-13H,3-10,14H2,1-2H3. The topological polar surface area (TPSA) is 41.7 Å². The molecule has 0 aromatic rings. The lowest BCUT2D eigenvalue weighted by Gasteiger charge is -2.39. The zero-order chi connectivity index (χ0) is 12.3. The molecule has 0 radical (unpaired) electrons. The molecule has 0 amide bonds. The molecular formula is C13H27N3O. The van der Waals surface area contributed by atoms with E-state index in [1.165, 1.54) is 32.4 Å². The number of morpholine rings is 1. The Bertz CT molecular complexity index is 235. The second-order valence-corrected chi connectivity index (χ2v) is 5.65. The molecule has 2 saturated heterocycles. The van der Waals surface area contributed by atoms with Crippen molar-refractivity contribution in [3.8, 4) is 0 Å². The molecular weight excluding hydrogens is 214 g/mol. The summed E-state index contributed by atoms with van der Waals surface area (Å²) < 4.78 is 5.74. The number of nitrogens with zero attached hydrogens (tertiary/aromatic N) is 2. The van der Waals surface area contributed by atoms with E-state index in [0.717, 1.165) is 25.7 Å². The quantitative estimate of drug-likeness (QED) is 0.765. The highest BCUT2D eigenvalue weighted by atomic mass is 16.5. The van der Waals surface area contributed by atoms with E-state index >= 15 is 0 Å². The Morgan fingerprint density at radius 1 is 1.24 bits per heavy atom. The smallest absolute Gasteiger partial charge is 0.0850 e. The van der Waals surface area contributed by atoms with Gasteiger partial charge in [-0.15, -0.1) is 0 Å². The Morgan fingerprint density at radius 3 is 2.82 bits per heavy atom. The monoisotopic (exact) mass is 241 g/mol. The van der Waals surface area contributed by atoms with Crippen LogP contribution in [0.15, 0.2) is 0 Å². The minimum atomic E-state index is 0.145. The van der Waals surface area contributed by atoms with Crippen molar-refractivity contribution in [2.45, 2.75) is 44.4 Å². The maximum Gasteiger partial charge on any atom is 0.0850 e. The Hall–Kier alpha value is -0.160. The molecule has 2 aliphatic heterocycles. The summed E-state index contributed by atoms with van der Waals surface area (Å²) in [5, 5.41) is 0. The Morgan fingerprint density at radius 2 is 2.06 bits per heavy atom. The molecule has 2 heterocycles. The van der Waals surface area contributed by atoms with Crippen LogP contribution in [0.25, 0.3) is 0 Å². The highest BCUT2D eigenvalue weighted by molar-refractivity contribution is 4.84. The molecule has 2 rings (SSSR count). The molecule has 2 N–H and O–H groups in total. The minimum Gasteiger partial charge on any atom is -0.374 e. The molecule has 3 atom stereocenters. The molecule has 0 aromatic heterocycles. The first-order valence-electron chi connectivity index (χ1n) is 6.96. The third-order valence-corrected chi connectivity index (χ3v) is 4.15. The first-order valence-corrected chi connectivity index (χ1v) is 6.96. The summed E-state index contributed by atoms with van der Waals surface area (Å²) in [5.41, 5.74) is 5.95. The fourth-order valence-corrected chi connectivity index (χ4v) is 2.93. The molecule has 100 valence electrons. The van der Waals surface area contributed by atoms with Gasteiger partial charge in [0.25, 0.3) is 0 Å². The first-order chi connectivity index (χ1) is 8.16. The van der Waals surface area contributed by atoms with E-state index in [1.807, 2.05) is 0 Å².